The fourth-order valence-electron chi connectivity index (χ4n) is 5.95. The molecule has 10 nitrogen and oxygen atoms in total. The largest absolute Gasteiger partial charge is 0.367 e. The Bertz CT molecular complexity index is 2180. The Kier molecular flexibility index (Phi) is 11.7. The first-order valence-electron chi connectivity index (χ1n) is 15.8. The van der Waals surface area contributed by atoms with E-state index < -0.39 is 31.3 Å². The van der Waals surface area contributed by atoms with E-state index in [2.05, 4.69) is 9.80 Å². The highest BCUT2D eigenvalue weighted by atomic mass is 32.2. The first kappa shape index (κ1) is 37.1. The van der Waals surface area contributed by atoms with Gasteiger partial charge in [0.05, 0.1) is 14.7 Å². The lowest BCUT2D eigenvalue weighted by Crippen LogP contribution is -2.32. The lowest BCUT2D eigenvalue weighted by atomic mass is 9.90. The van der Waals surface area contributed by atoms with Crippen molar-refractivity contribution in [2.24, 2.45) is 0 Å². The van der Waals surface area contributed by atoms with Crippen LogP contribution in [-0.4, -0.2) is 58.7 Å². The van der Waals surface area contributed by atoms with Crippen molar-refractivity contribution in [3.05, 3.63) is 149 Å². The fraction of sp³-hybridized carbons (Fsp3) is 0.189. The summed E-state index contributed by atoms with van der Waals surface area (Å²) >= 11 is -2.25. The Morgan fingerprint density at radius 2 is 1.28 bits per heavy atom. The van der Waals surface area contributed by atoms with Crippen LogP contribution in [0.1, 0.15) is 36.1 Å². The molecule has 0 amide bonds. The third-order valence-electron chi connectivity index (χ3n) is 8.46. The highest BCUT2D eigenvalue weighted by molar-refractivity contribution is 7.86. The van der Waals surface area contributed by atoms with E-state index in [1.807, 2.05) is 80.6 Å². The number of hydrogen-bond donors (Lipinski definition) is 3. The minimum Gasteiger partial charge on any atom is -0.367 e. The maximum Gasteiger partial charge on any atom is 0.294 e. The molecule has 262 valence electrons. The summed E-state index contributed by atoms with van der Waals surface area (Å²) in [4.78, 5) is 4.15. The average Bonchev–Trinajstić information content (AvgIpc) is 3.10. The third kappa shape index (κ3) is 8.92. The smallest absolute Gasteiger partial charge is 0.294 e. The second-order valence-corrected chi connectivity index (χ2v) is 15.4. The molecule has 4 aromatic carbocycles. The fourth-order valence-corrected chi connectivity index (χ4v) is 7.61. The van der Waals surface area contributed by atoms with E-state index >= 15 is 0 Å². The molecule has 0 aliphatic heterocycles. The highest BCUT2D eigenvalue weighted by Gasteiger charge is 2.21. The monoisotopic (exact) mass is 734 g/mol. The molecule has 5 rings (SSSR count). The average molecular weight is 735 g/mol. The molecule has 0 saturated heterocycles. The molecule has 0 aromatic heterocycles. The van der Waals surface area contributed by atoms with E-state index in [9.17, 15) is 34.7 Å². The van der Waals surface area contributed by atoms with Crippen LogP contribution in [0.25, 0.3) is 5.57 Å². The van der Waals surface area contributed by atoms with E-state index in [-0.39, 0.29) is 20.7 Å². The van der Waals surface area contributed by atoms with Gasteiger partial charge in [0.2, 0.25) is 0 Å². The van der Waals surface area contributed by atoms with Crippen molar-refractivity contribution < 1.29 is 34.7 Å². The number of allylic oxidation sites excluding steroid dienone is 3. The zero-order valence-electron chi connectivity index (χ0n) is 27.5. The zero-order valence-corrected chi connectivity index (χ0v) is 29.9. The van der Waals surface area contributed by atoms with Gasteiger partial charge < -0.3 is 9.45 Å². The van der Waals surface area contributed by atoms with Crippen LogP contribution in [0.15, 0.2) is 142 Å². The van der Waals surface area contributed by atoms with Crippen LogP contribution in [0.4, 0.5) is 5.69 Å². The van der Waals surface area contributed by atoms with E-state index in [0.717, 1.165) is 28.0 Å². The Balaban J connectivity index is 1.47. The van der Waals surface area contributed by atoms with E-state index in [1.54, 1.807) is 30.3 Å². The van der Waals surface area contributed by atoms with Crippen molar-refractivity contribution in [1.29, 1.82) is 0 Å². The molecule has 1 atom stereocenters. The Hall–Kier alpha value is -4.21. The van der Waals surface area contributed by atoms with Crippen LogP contribution in [0.3, 0.4) is 0 Å². The van der Waals surface area contributed by atoms with E-state index in [1.165, 1.54) is 24.3 Å². The molecule has 3 N–H and O–H groups in total. The van der Waals surface area contributed by atoms with Crippen molar-refractivity contribution in [1.82, 2.24) is 4.90 Å². The molecular weight excluding hydrogens is 697 g/mol. The maximum atomic E-state index is 12.5. The molecule has 0 spiro atoms. The topological polar surface area (TPSA) is 153 Å². The summed E-state index contributed by atoms with van der Waals surface area (Å²) in [5.74, 6) is 0. The second-order valence-electron chi connectivity index (χ2n) is 11.7. The number of likely N-dealkylation sites (N-methyl/N-ethyl adjacent to an activating group) is 1. The summed E-state index contributed by atoms with van der Waals surface area (Å²) in [5.41, 5.74) is 5.33. The van der Waals surface area contributed by atoms with Gasteiger partial charge in [0, 0.05) is 36.9 Å². The first-order chi connectivity index (χ1) is 23.8. The SMILES string of the molecule is CCN(Cc1cccc(S(=O)(=O)O)c1)c1ccc(C(=C2C=CC(N(CC)Cc3cccc(S(=O)(=O)O)c3)C=C2)c2ccccc2S(=O)O)cc1. The van der Waals surface area contributed by atoms with Gasteiger partial charge in [-0.15, -0.1) is 0 Å². The number of nitrogens with zero attached hydrogens (tertiary/aromatic N) is 2. The van der Waals surface area contributed by atoms with Crippen molar-refractivity contribution in [3.8, 4) is 0 Å². The minimum absolute atomic E-state index is 0.124. The number of benzene rings is 4. The molecule has 1 aliphatic carbocycles. The highest BCUT2D eigenvalue weighted by Crippen LogP contribution is 2.35. The summed E-state index contributed by atoms with van der Waals surface area (Å²) in [6.07, 6.45) is 8.00. The summed E-state index contributed by atoms with van der Waals surface area (Å²) in [6, 6.07) is 27.0. The molecule has 1 unspecified atom stereocenters. The molecule has 1 aliphatic rings. The van der Waals surface area contributed by atoms with Crippen molar-refractivity contribution in [3.63, 3.8) is 0 Å². The molecule has 0 fully saturated rings. The molecule has 0 heterocycles. The standard InChI is InChI=1S/C37H38N2O8S3/c1-3-38(25-27-9-7-11-33(23-27)49(42,43)44)31-19-15-29(16-20-31)37(35-13-5-6-14-36(35)48(40)41)30-17-21-32(22-18-30)39(4-2)26-28-10-8-12-34(24-28)50(45,46)47/h5-24,31H,3-4,25-26H2,1-2H3,(H,40,41)(H,42,43,44)(H,45,46,47). The van der Waals surface area contributed by atoms with Crippen LogP contribution >= 0.6 is 0 Å². The third-order valence-corrected chi connectivity index (χ3v) is 10.9. The van der Waals surface area contributed by atoms with Gasteiger partial charge in [-0.2, -0.15) is 16.8 Å². The first-order valence-corrected chi connectivity index (χ1v) is 19.8. The molecular formula is C37H38N2O8S3. The Labute approximate surface area is 295 Å². The predicted molar refractivity (Wildman–Crippen MR) is 195 cm³/mol. The molecule has 50 heavy (non-hydrogen) atoms. The van der Waals surface area contributed by atoms with Gasteiger partial charge in [0.1, 0.15) is 0 Å². The van der Waals surface area contributed by atoms with Crippen molar-refractivity contribution in [2.45, 2.75) is 47.7 Å². The molecule has 4 aromatic rings. The van der Waals surface area contributed by atoms with Crippen LogP contribution in [0.2, 0.25) is 0 Å². The lowest BCUT2D eigenvalue weighted by molar-refractivity contribution is 0.263. The van der Waals surface area contributed by atoms with Gasteiger partial charge in [-0.05, 0) is 83.8 Å². The number of hydrogen-bond acceptors (Lipinski definition) is 7. The van der Waals surface area contributed by atoms with Gasteiger partial charge in [-0.3, -0.25) is 14.0 Å². The second kappa shape index (κ2) is 15.8. The predicted octanol–water partition coefficient (Wildman–Crippen LogP) is 6.61. The summed E-state index contributed by atoms with van der Waals surface area (Å²) < 4.78 is 88.3. The summed E-state index contributed by atoms with van der Waals surface area (Å²) in [5, 5.41) is 0. The van der Waals surface area contributed by atoms with Gasteiger partial charge in [-0.1, -0.05) is 85.8 Å². The minimum atomic E-state index is -4.33. The number of rotatable bonds is 13. The van der Waals surface area contributed by atoms with Crippen LogP contribution in [0.5, 0.6) is 0 Å². The van der Waals surface area contributed by atoms with Crippen molar-refractivity contribution in [2.75, 3.05) is 18.0 Å². The van der Waals surface area contributed by atoms with Gasteiger partial charge in [0.15, 0.2) is 11.1 Å². The van der Waals surface area contributed by atoms with Gasteiger partial charge >= 0.3 is 0 Å². The van der Waals surface area contributed by atoms with Crippen LogP contribution in [0, 0.1) is 0 Å². The van der Waals surface area contributed by atoms with Crippen LogP contribution < -0.4 is 4.90 Å². The van der Waals surface area contributed by atoms with Gasteiger partial charge in [0.25, 0.3) is 20.2 Å². The Morgan fingerprint density at radius 1 is 0.720 bits per heavy atom. The lowest BCUT2D eigenvalue weighted by Gasteiger charge is -2.28. The maximum absolute atomic E-state index is 12.5. The quantitative estimate of drug-likeness (QED) is 0.101. The van der Waals surface area contributed by atoms with Crippen molar-refractivity contribution >= 4 is 42.6 Å². The molecule has 0 saturated carbocycles. The Morgan fingerprint density at radius 3 is 1.80 bits per heavy atom. The van der Waals surface area contributed by atoms with Crippen LogP contribution in [-0.2, 0) is 44.4 Å². The number of anilines is 1. The zero-order chi connectivity index (χ0) is 36.1. The normalized spacial score (nSPS) is 15.3. The summed E-state index contributed by atoms with van der Waals surface area (Å²) in [6.45, 7) is 6.11. The van der Waals surface area contributed by atoms with E-state index in [4.69, 9.17) is 0 Å². The molecule has 13 heteroatoms. The van der Waals surface area contributed by atoms with Gasteiger partial charge in [-0.25, -0.2) is 4.21 Å². The molecule has 0 radical (unpaired) electrons. The summed E-state index contributed by atoms with van der Waals surface area (Å²) in [7, 11) is -8.66. The molecule has 0 bridgehead atoms. The van der Waals surface area contributed by atoms with E-state index in [0.29, 0.717) is 37.3 Å².